The molecule has 1 atom stereocenters. The van der Waals surface area contributed by atoms with Crippen LogP contribution in [0.1, 0.15) is 25.2 Å². The number of hydrogen-bond acceptors (Lipinski definition) is 4. The average Bonchev–Trinajstić information content (AvgIpc) is 2.87. The van der Waals surface area contributed by atoms with Gasteiger partial charge >= 0.3 is 0 Å². The number of rotatable bonds is 4. The molecule has 6 heteroatoms. The van der Waals surface area contributed by atoms with Gasteiger partial charge in [-0.3, -0.25) is 10.1 Å². The smallest absolute Gasteiger partial charge is 0.270 e. The monoisotopic (exact) mass is 281 g/mol. The fourth-order valence-corrected chi connectivity index (χ4v) is 1.96. The van der Waals surface area contributed by atoms with Crippen molar-refractivity contribution in [1.82, 2.24) is 0 Å². The first-order chi connectivity index (χ1) is 9.02. The summed E-state index contributed by atoms with van der Waals surface area (Å²) in [4.78, 5) is 10.1. The maximum atomic E-state index is 10.6. The highest BCUT2D eigenvalue weighted by molar-refractivity contribution is 6.33. The fraction of sp³-hybridized carbons (Fsp3) is 0.231. The van der Waals surface area contributed by atoms with Crippen LogP contribution in [0.3, 0.4) is 0 Å². The van der Waals surface area contributed by atoms with Gasteiger partial charge in [-0.1, -0.05) is 18.5 Å². The molecule has 0 saturated heterocycles. The molecule has 0 amide bonds. The molecule has 0 fully saturated rings. The van der Waals surface area contributed by atoms with Gasteiger partial charge in [0.2, 0.25) is 0 Å². The van der Waals surface area contributed by atoms with E-state index in [1.807, 2.05) is 6.92 Å². The molecule has 5 nitrogen and oxygen atoms in total. The van der Waals surface area contributed by atoms with Gasteiger partial charge in [0.05, 0.1) is 9.95 Å². The van der Waals surface area contributed by atoms with E-state index in [1.165, 1.54) is 18.2 Å². The van der Waals surface area contributed by atoms with Crippen LogP contribution in [0, 0.1) is 10.1 Å². The van der Waals surface area contributed by atoms with Gasteiger partial charge in [-0.15, -0.1) is 0 Å². The summed E-state index contributed by atoms with van der Waals surface area (Å²) >= 11 is 6.00. The highest BCUT2D eigenvalue weighted by Crippen LogP contribution is 2.33. The van der Waals surface area contributed by atoms with Crippen LogP contribution in [0.5, 0.6) is 0 Å². The van der Waals surface area contributed by atoms with Crippen LogP contribution in [0.15, 0.2) is 34.7 Å². The lowest BCUT2D eigenvalue weighted by Crippen LogP contribution is -1.91. The summed E-state index contributed by atoms with van der Waals surface area (Å²) in [7, 11) is 0. The van der Waals surface area contributed by atoms with E-state index in [0.29, 0.717) is 23.5 Å². The molecule has 0 bridgehead atoms. The van der Waals surface area contributed by atoms with Crippen LogP contribution in [-0.2, 0) is 0 Å². The number of aliphatic hydroxyl groups excluding tert-OH is 1. The number of nitro benzene ring substituents is 1. The van der Waals surface area contributed by atoms with Crippen molar-refractivity contribution in [2.45, 2.75) is 19.4 Å². The van der Waals surface area contributed by atoms with E-state index < -0.39 is 11.0 Å². The number of non-ortho nitro benzene ring substituents is 1. The maximum Gasteiger partial charge on any atom is 0.270 e. The van der Waals surface area contributed by atoms with E-state index >= 15 is 0 Å². The van der Waals surface area contributed by atoms with Gasteiger partial charge in [-0.05, 0) is 24.6 Å². The lowest BCUT2D eigenvalue weighted by Gasteiger charge is -2.04. The van der Waals surface area contributed by atoms with Gasteiger partial charge < -0.3 is 9.52 Å². The fourth-order valence-electron chi connectivity index (χ4n) is 1.70. The zero-order valence-corrected chi connectivity index (χ0v) is 10.9. The molecule has 19 heavy (non-hydrogen) atoms. The van der Waals surface area contributed by atoms with Crippen molar-refractivity contribution < 1.29 is 14.4 Å². The standard InChI is InChI=1S/C13H12ClNO4/c1-2-11(16)13-6-5-12(19-13)9-4-3-8(15(17)18)7-10(9)14/h3-7,11,16H,2H2,1H3. The highest BCUT2D eigenvalue weighted by atomic mass is 35.5. The van der Waals surface area contributed by atoms with Crippen LogP contribution in [0.25, 0.3) is 11.3 Å². The predicted molar refractivity (Wildman–Crippen MR) is 71.1 cm³/mol. The second-order valence-corrected chi connectivity index (χ2v) is 4.45. The second-order valence-electron chi connectivity index (χ2n) is 4.05. The summed E-state index contributed by atoms with van der Waals surface area (Å²) in [5.41, 5.74) is 0.482. The van der Waals surface area contributed by atoms with Crippen LogP contribution in [0.2, 0.25) is 5.02 Å². The molecule has 1 aromatic carbocycles. The third-order valence-corrected chi connectivity index (χ3v) is 3.08. The Bertz CT molecular complexity index is 608. The molecular weight excluding hydrogens is 270 g/mol. The van der Waals surface area contributed by atoms with Crippen molar-refractivity contribution in [3.8, 4) is 11.3 Å². The molecule has 1 N–H and O–H groups in total. The summed E-state index contributed by atoms with van der Waals surface area (Å²) in [6, 6.07) is 7.51. The molecule has 0 aliphatic carbocycles. The van der Waals surface area contributed by atoms with Gasteiger partial charge in [0.1, 0.15) is 17.6 Å². The van der Waals surface area contributed by atoms with Crippen LogP contribution < -0.4 is 0 Å². The summed E-state index contributed by atoms with van der Waals surface area (Å²) in [5.74, 6) is 0.925. The molecule has 2 aromatic rings. The van der Waals surface area contributed by atoms with E-state index in [2.05, 4.69) is 0 Å². The lowest BCUT2D eigenvalue weighted by molar-refractivity contribution is -0.384. The van der Waals surface area contributed by atoms with Gasteiger partial charge in [-0.25, -0.2) is 0 Å². The SMILES string of the molecule is CCC(O)c1ccc(-c2ccc([N+](=O)[O-])cc2Cl)o1. The summed E-state index contributed by atoms with van der Waals surface area (Å²) in [6.45, 7) is 1.84. The Morgan fingerprint density at radius 3 is 2.74 bits per heavy atom. The predicted octanol–water partition coefficient (Wildman–Crippen LogP) is 3.95. The number of halogens is 1. The van der Waals surface area contributed by atoms with Crippen molar-refractivity contribution in [1.29, 1.82) is 0 Å². The summed E-state index contributed by atoms with van der Waals surface area (Å²) in [5, 5.41) is 20.5. The quantitative estimate of drug-likeness (QED) is 0.680. The molecular formula is C13H12ClNO4. The molecule has 0 saturated carbocycles. The van der Waals surface area contributed by atoms with Crippen LogP contribution >= 0.6 is 11.6 Å². The third kappa shape index (κ3) is 2.77. The number of nitrogens with zero attached hydrogens (tertiary/aromatic N) is 1. The van der Waals surface area contributed by atoms with Crippen molar-refractivity contribution in [2.75, 3.05) is 0 Å². The van der Waals surface area contributed by atoms with Gasteiger partial charge in [0.25, 0.3) is 5.69 Å². The van der Waals surface area contributed by atoms with Gasteiger partial charge in [0.15, 0.2) is 0 Å². The first-order valence-electron chi connectivity index (χ1n) is 5.75. The minimum atomic E-state index is -0.662. The normalized spacial score (nSPS) is 12.4. The van der Waals surface area contributed by atoms with Crippen molar-refractivity contribution >= 4 is 17.3 Å². The van der Waals surface area contributed by atoms with Gasteiger partial charge in [0, 0.05) is 17.7 Å². The molecule has 1 heterocycles. The highest BCUT2D eigenvalue weighted by Gasteiger charge is 2.15. The number of aliphatic hydroxyl groups is 1. The van der Waals surface area contributed by atoms with E-state index in [-0.39, 0.29) is 10.7 Å². The number of benzene rings is 1. The number of furan rings is 1. The van der Waals surface area contributed by atoms with Gasteiger partial charge in [-0.2, -0.15) is 0 Å². The van der Waals surface area contributed by atoms with E-state index in [4.69, 9.17) is 16.0 Å². The van der Waals surface area contributed by atoms with Crippen LogP contribution in [-0.4, -0.2) is 10.0 Å². The van der Waals surface area contributed by atoms with E-state index in [0.717, 1.165) is 0 Å². The first kappa shape index (κ1) is 13.6. The minimum absolute atomic E-state index is 0.0749. The zero-order valence-electron chi connectivity index (χ0n) is 10.2. The van der Waals surface area contributed by atoms with E-state index in [1.54, 1.807) is 12.1 Å². The topological polar surface area (TPSA) is 76.5 Å². The average molecular weight is 282 g/mol. The Kier molecular flexibility index (Phi) is 3.87. The summed E-state index contributed by atoms with van der Waals surface area (Å²) < 4.78 is 5.50. The van der Waals surface area contributed by atoms with Crippen molar-refractivity contribution in [3.63, 3.8) is 0 Å². The van der Waals surface area contributed by atoms with Crippen LogP contribution in [0.4, 0.5) is 5.69 Å². The lowest BCUT2D eigenvalue weighted by atomic mass is 10.1. The molecule has 0 aliphatic heterocycles. The Morgan fingerprint density at radius 2 is 2.16 bits per heavy atom. The molecule has 0 aliphatic rings. The number of hydrogen-bond donors (Lipinski definition) is 1. The molecule has 2 rings (SSSR count). The Balaban J connectivity index is 2.37. The maximum absolute atomic E-state index is 10.6. The molecule has 100 valence electrons. The molecule has 0 spiro atoms. The molecule has 0 radical (unpaired) electrons. The molecule has 1 aromatic heterocycles. The van der Waals surface area contributed by atoms with E-state index in [9.17, 15) is 15.2 Å². The summed E-state index contributed by atoms with van der Waals surface area (Å²) in [6.07, 6.45) is -0.119. The van der Waals surface area contributed by atoms with Crippen molar-refractivity contribution in [2.24, 2.45) is 0 Å². The Morgan fingerprint density at radius 1 is 1.42 bits per heavy atom. The Hall–Kier alpha value is -1.85. The Labute approximate surface area is 114 Å². The third-order valence-electron chi connectivity index (χ3n) is 2.77. The minimum Gasteiger partial charge on any atom is -0.458 e. The van der Waals surface area contributed by atoms with Crippen molar-refractivity contribution in [3.05, 3.63) is 51.2 Å². The zero-order chi connectivity index (χ0) is 14.0. The second kappa shape index (κ2) is 5.42. The largest absolute Gasteiger partial charge is 0.458 e. The first-order valence-corrected chi connectivity index (χ1v) is 6.12. The molecule has 1 unspecified atom stereocenters. The number of nitro groups is 1.